The Morgan fingerprint density at radius 3 is 2.66 bits per heavy atom. The Morgan fingerprint density at radius 1 is 1.16 bits per heavy atom. The molecule has 0 saturated carbocycles. The predicted octanol–water partition coefficient (Wildman–Crippen LogP) is 2.09. The van der Waals surface area contributed by atoms with Gasteiger partial charge in [-0.15, -0.1) is 0 Å². The number of fused-ring (bicyclic) bond motifs is 1. The fraction of sp³-hybridized carbons (Fsp3) is 0.409. The van der Waals surface area contributed by atoms with Crippen LogP contribution in [0, 0.1) is 12.7 Å². The predicted molar refractivity (Wildman–Crippen MR) is 120 cm³/mol. The van der Waals surface area contributed by atoms with Gasteiger partial charge in [0.15, 0.2) is 5.82 Å². The van der Waals surface area contributed by atoms with Crippen molar-refractivity contribution in [3.63, 3.8) is 0 Å². The molecule has 10 heteroatoms. The van der Waals surface area contributed by atoms with E-state index in [4.69, 9.17) is 0 Å². The zero-order valence-corrected chi connectivity index (χ0v) is 18.0. The van der Waals surface area contributed by atoms with Crippen LogP contribution in [0.1, 0.15) is 25.1 Å². The normalized spacial score (nSPS) is 14.1. The van der Waals surface area contributed by atoms with Gasteiger partial charge in [0.25, 0.3) is 5.56 Å². The molecule has 0 spiro atoms. The first-order chi connectivity index (χ1) is 15.5. The largest absolute Gasteiger partial charge is 0.383 e. The molecule has 0 aliphatic carbocycles. The highest BCUT2D eigenvalue weighted by atomic mass is 19.1. The summed E-state index contributed by atoms with van der Waals surface area (Å²) < 4.78 is 13.0. The lowest BCUT2D eigenvalue weighted by molar-refractivity contribution is -0.131. The average molecular weight is 439 g/mol. The van der Waals surface area contributed by atoms with Gasteiger partial charge in [-0.1, -0.05) is 6.07 Å². The van der Waals surface area contributed by atoms with E-state index in [1.54, 1.807) is 13.0 Å². The summed E-state index contributed by atoms with van der Waals surface area (Å²) >= 11 is 0. The maximum atomic E-state index is 13.0. The van der Waals surface area contributed by atoms with Crippen LogP contribution < -0.4 is 15.8 Å². The minimum atomic E-state index is -0.461. The van der Waals surface area contributed by atoms with Gasteiger partial charge >= 0.3 is 0 Å². The second kappa shape index (κ2) is 9.71. The minimum absolute atomic E-state index is 0.138. The number of anilines is 2. The summed E-state index contributed by atoms with van der Waals surface area (Å²) in [5, 5.41) is 3.89. The van der Waals surface area contributed by atoms with Crippen molar-refractivity contribution >= 4 is 28.4 Å². The summed E-state index contributed by atoms with van der Waals surface area (Å²) in [6, 6.07) is 5.49. The van der Waals surface area contributed by atoms with Crippen molar-refractivity contribution in [2.75, 3.05) is 42.9 Å². The average Bonchev–Trinajstić information content (AvgIpc) is 2.79. The smallest absolute Gasteiger partial charge is 0.258 e. The second-order valence-corrected chi connectivity index (χ2v) is 7.81. The summed E-state index contributed by atoms with van der Waals surface area (Å²) in [5.41, 5.74) is 1.34. The van der Waals surface area contributed by atoms with Crippen molar-refractivity contribution < 1.29 is 9.18 Å². The summed E-state index contributed by atoms with van der Waals surface area (Å²) in [6.07, 6.45) is 4.39. The number of unbranched alkanes of at least 4 members (excludes halogenated alkanes) is 1. The van der Waals surface area contributed by atoms with Gasteiger partial charge in [0, 0.05) is 39.1 Å². The molecule has 1 aromatic carbocycles. The summed E-state index contributed by atoms with van der Waals surface area (Å²) in [7, 11) is 0. The topological polar surface area (TPSA) is 107 Å². The van der Waals surface area contributed by atoms with Crippen molar-refractivity contribution in [3.05, 3.63) is 52.6 Å². The lowest BCUT2D eigenvalue weighted by Gasteiger charge is -2.34. The summed E-state index contributed by atoms with van der Waals surface area (Å²) in [4.78, 5) is 43.6. The molecule has 1 saturated heterocycles. The van der Waals surface area contributed by atoms with Crippen LogP contribution in [0.5, 0.6) is 0 Å². The van der Waals surface area contributed by atoms with Crippen molar-refractivity contribution in [1.82, 2.24) is 24.8 Å². The van der Waals surface area contributed by atoms with E-state index in [0.717, 1.165) is 30.9 Å². The molecule has 4 rings (SSSR count). The van der Waals surface area contributed by atoms with E-state index < -0.39 is 5.82 Å². The number of aromatic nitrogens is 4. The SMILES string of the molecule is Cc1nc2c(NCCCCC(=O)N3CCN(c4ncc(F)cn4)CC3)cccc2c(=O)[nH]1. The van der Waals surface area contributed by atoms with Gasteiger partial charge in [0.05, 0.1) is 23.5 Å². The standard InChI is InChI=1S/C22H26FN7O2/c1-15-27-20-17(21(32)28-15)5-4-6-18(20)24-8-3-2-7-19(31)29-9-11-30(12-10-29)22-25-13-16(23)14-26-22/h4-6,13-14,24H,2-3,7-12H2,1H3,(H,27,28,32). The molecule has 0 unspecified atom stereocenters. The van der Waals surface area contributed by atoms with Crippen LogP contribution >= 0.6 is 0 Å². The zero-order valence-electron chi connectivity index (χ0n) is 18.0. The number of benzene rings is 1. The highest BCUT2D eigenvalue weighted by Crippen LogP contribution is 2.19. The first-order valence-electron chi connectivity index (χ1n) is 10.7. The van der Waals surface area contributed by atoms with Crippen LogP contribution in [0.3, 0.4) is 0 Å². The number of H-pyrrole nitrogens is 1. The molecule has 2 N–H and O–H groups in total. The number of hydrogen-bond acceptors (Lipinski definition) is 7. The van der Waals surface area contributed by atoms with Gasteiger partial charge in [-0.2, -0.15) is 0 Å². The molecule has 0 radical (unpaired) electrons. The zero-order chi connectivity index (χ0) is 22.5. The Hall–Kier alpha value is -3.56. The minimum Gasteiger partial charge on any atom is -0.383 e. The van der Waals surface area contributed by atoms with Crippen LogP contribution in [0.2, 0.25) is 0 Å². The van der Waals surface area contributed by atoms with Crippen LogP contribution in [0.4, 0.5) is 16.0 Å². The third-order valence-electron chi connectivity index (χ3n) is 5.51. The number of carbonyl (C=O) groups excluding carboxylic acids is 1. The van der Waals surface area contributed by atoms with E-state index in [-0.39, 0.29) is 11.5 Å². The number of nitrogens with one attached hydrogen (secondary N) is 2. The maximum Gasteiger partial charge on any atom is 0.258 e. The van der Waals surface area contributed by atoms with Crippen LogP contribution in [0.25, 0.3) is 10.9 Å². The Morgan fingerprint density at radius 2 is 1.91 bits per heavy atom. The Labute approximate surface area is 184 Å². The highest BCUT2D eigenvalue weighted by Gasteiger charge is 2.22. The number of para-hydroxylation sites is 1. The van der Waals surface area contributed by atoms with Gasteiger partial charge in [-0.25, -0.2) is 19.3 Å². The van der Waals surface area contributed by atoms with E-state index in [2.05, 4.69) is 25.3 Å². The number of piperazine rings is 1. The number of rotatable bonds is 7. The number of nitrogens with zero attached hydrogens (tertiary/aromatic N) is 5. The molecule has 9 nitrogen and oxygen atoms in total. The Kier molecular flexibility index (Phi) is 6.58. The molecule has 32 heavy (non-hydrogen) atoms. The fourth-order valence-corrected chi connectivity index (χ4v) is 3.82. The van der Waals surface area contributed by atoms with E-state index in [1.165, 1.54) is 0 Å². The molecule has 3 heterocycles. The van der Waals surface area contributed by atoms with E-state index in [1.807, 2.05) is 21.9 Å². The van der Waals surface area contributed by atoms with Gasteiger partial charge in [-0.3, -0.25) is 9.59 Å². The van der Waals surface area contributed by atoms with Gasteiger partial charge in [-0.05, 0) is 31.9 Å². The Bertz CT molecular complexity index is 1140. The quantitative estimate of drug-likeness (QED) is 0.543. The molecule has 1 amide bonds. The molecular formula is C22H26FN7O2. The van der Waals surface area contributed by atoms with Crippen LogP contribution in [-0.4, -0.2) is 63.5 Å². The summed E-state index contributed by atoms with van der Waals surface area (Å²) in [5.74, 6) is 0.745. The number of carbonyl (C=O) groups is 1. The number of amides is 1. The lowest BCUT2D eigenvalue weighted by Crippen LogP contribution is -2.49. The molecule has 1 aliphatic rings. The molecule has 0 atom stereocenters. The highest BCUT2D eigenvalue weighted by molar-refractivity contribution is 5.89. The van der Waals surface area contributed by atoms with Crippen LogP contribution in [-0.2, 0) is 4.79 Å². The monoisotopic (exact) mass is 439 g/mol. The molecular weight excluding hydrogens is 413 g/mol. The number of aromatic amines is 1. The van der Waals surface area contributed by atoms with E-state index >= 15 is 0 Å². The molecule has 0 bridgehead atoms. The van der Waals surface area contributed by atoms with Crippen molar-refractivity contribution in [2.45, 2.75) is 26.2 Å². The Balaban J connectivity index is 1.20. The van der Waals surface area contributed by atoms with E-state index in [0.29, 0.717) is 61.8 Å². The third-order valence-corrected chi connectivity index (χ3v) is 5.51. The van der Waals surface area contributed by atoms with Crippen molar-refractivity contribution in [2.24, 2.45) is 0 Å². The molecule has 2 aromatic heterocycles. The lowest BCUT2D eigenvalue weighted by atomic mass is 10.2. The van der Waals surface area contributed by atoms with Gasteiger partial charge < -0.3 is 20.1 Å². The van der Waals surface area contributed by atoms with Crippen molar-refractivity contribution in [3.8, 4) is 0 Å². The van der Waals surface area contributed by atoms with Crippen molar-refractivity contribution in [1.29, 1.82) is 0 Å². The maximum absolute atomic E-state index is 13.0. The van der Waals surface area contributed by atoms with E-state index in [9.17, 15) is 14.0 Å². The number of hydrogen-bond donors (Lipinski definition) is 2. The first kappa shape index (κ1) is 21.7. The summed E-state index contributed by atoms with van der Waals surface area (Å²) in [6.45, 7) is 4.92. The molecule has 1 aliphatic heterocycles. The number of halogens is 1. The van der Waals surface area contributed by atoms with Gasteiger partial charge in [0.2, 0.25) is 11.9 Å². The third kappa shape index (κ3) is 5.01. The molecule has 1 fully saturated rings. The fourth-order valence-electron chi connectivity index (χ4n) is 3.82. The first-order valence-corrected chi connectivity index (χ1v) is 10.7. The molecule has 168 valence electrons. The molecule has 3 aromatic rings. The van der Waals surface area contributed by atoms with Gasteiger partial charge in [0.1, 0.15) is 11.3 Å². The second-order valence-electron chi connectivity index (χ2n) is 7.81. The number of aryl methyl sites for hydroxylation is 1. The van der Waals surface area contributed by atoms with Crippen LogP contribution in [0.15, 0.2) is 35.4 Å².